The first kappa shape index (κ1) is 11.4. The molecule has 0 amide bonds. The maximum atomic E-state index is 6.24. The lowest BCUT2D eigenvalue weighted by Crippen LogP contribution is -2.12. The fourth-order valence-electron chi connectivity index (χ4n) is 1.93. The molecular formula is C12H13Br2N. The molecule has 2 N–H and O–H groups in total. The first-order valence-corrected chi connectivity index (χ1v) is 6.66. The van der Waals surface area contributed by atoms with E-state index in [0.29, 0.717) is 0 Å². The fraction of sp³-hybridized carbons (Fsp3) is 0.333. The maximum Gasteiger partial charge on any atom is 0.0522 e. The minimum atomic E-state index is 0.0509. The number of nitrogens with two attached hydrogens (primary N) is 1. The zero-order chi connectivity index (χ0) is 10.8. The van der Waals surface area contributed by atoms with Gasteiger partial charge in [-0.1, -0.05) is 49.6 Å². The Morgan fingerprint density at radius 3 is 2.67 bits per heavy atom. The van der Waals surface area contributed by atoms with E-state index in [1.54, 1.807) is 0 Å². The summed E-state index contributed by atoms with van der Waals surface area (Å²) in [6.07, 6.45) is 5.84. The van der Waals surface area contributed by atoms with Crippen molar-refractivity contribution in [3.05, 3.63) is 44.4 Å². The van der Waals surface area contributed by atoms with Crippen LogP contribution in [0, 0.1) is 0 Å². The van der Waals surface area contributed by atoms with E-state index in [1.807, 2.05) is 12.1 Å². The summed E-state index contributed by atoms with van der Waals surface area (Å²) in [7, 11) is 0. The molecule has 1 aliphatic carbocycles. The summed E-state index contributed by atoms with van der Waals surface area (Å²) in [6, 6.07) is 6.22. The molecule has 0 spiro atoms. The van der Waals surface area contributed by atoms with Crippen molar-refractivity contribution < 1.29 is 0 Å². The molecule has 1 aromatic rings. The molecule has 80 valence electrons. The van der Waals surface area contributed by atoms with Gasteiger partial charge in [0.15, 0.2) is 0 Å². The highest BCUT2D eigenvalue weighted by Gasteiger charge is 2.16. The van der Waals surface area contributed by atoms with Crippen molar-refractivity contribution in [1.29, 1.82) is 0 Å². The molecule has 0 bridgehead atoms. The zero-order valence-corrected chi connectivity index (χ0v) is 11.5. The summed E-state index contributed by atoms with van der Waals surface area (Å²) in [6.45, 7) is 0. The molecular weight excluding hydrogens is 318 g/mol. The lowest BCUT2D eigenvalue weighted by Gasteiger charge is -2.15. The summed E-state index contributed by atoms with van der Waals surface area (Å²) < 4.78 is 2.16. The molecule has 0 fully saturated rings. The molecule has 3 heteroatoms. The molecule has 0 aliphatic heterocycles. The second-order valence-corrected chi connectivity index (χ2v) is 5.58. The smallest absolute Gasteiger partial charge is 0.0522 e. The minimum absolute atomic E-state index is 0.0509. The molecule has 2 rings (SSSR count). The molecule has 1 unspecified atom stereocenters. The van der Waals surface area contributed by atoms with Crippen LogP contribution in [0.2, 0.25) is 0 Å². The van der Waals surface area contributed by atoms with Crippen LogP contribution in [0.15, 0.2) is 38.8 Å². The van der Waals surface area contributed by atoms with E-state index in [0.717, 1.165) is 15.4 Å². The van der Waals surface area contributed by atoms with Gasteiger partial charge in [-0.25, -0.2) is 0 Å². The van der Waals surface area contributed by atoms with Crippen LogP contribution in [-0.2, 0) is 0 Å². The summed E-state index contributed by atoms with van der Waals surface area (Å²) in [5.74, 6) is 0. The largest absolute Gasteiger partial charge is 0.321 e. The van der Waals surface area contributed by atoms with E-state index in [-0.39, 0.29) is 6.04 Å². The Hall–Kier alpha value is -0.120. The van der Waals surface area contributed by atoms with E-state index in [4.69, 9.17) is 5.73 Å². The molecule has 15 heavy (non-hydrogen) atoms. The quantitative estimate of drug-likeness (QED) is 0.803. The molecule has 0 aromatic heterocycles. The van der Waals surface area contributed by atoms with Gasteiger partial charge in [0, 0.05) is 8.95 Å². The SMILES string of the molecule is NC(C1=CCCC1)c1ccc(Br)cc1Br. The molecule has 0 saturated heterocycles. The average Bonchev–Trinajstić information content (AvgIpc) is 2.69. The summed E-state index contributed by atoms with van der Waals surface area (Å²) in [4.78, 5) is 0. The van der Waals surface area contributed by atoms with Crippen LogP contribution < -0.4 is 5.73 Å². The monoisotopic (exact) mass is 329 g/mol. The fourth-order valence-corrected chi connectivity index (χ4v) is 3.23. The topological polar surface area (TPSA) is 26.0 Å². The van der Waals surface area contributed by atoms with E-state index in [1.165, 1.54) is 24.0 Å². The van der Waals surface area contributed by atoms with Gasteiger partial charge in [0.25, 0.3) is 0 Å². The van der Waals surface area contributed by atoms with Crippen molar-refractivity contribution in [3.63, 3.8) is 0 Å². The van der Waals surface area contributed by atoms with Gasteiger partial charge in [0.1, 0.15) is 0 Å². The highest BCUT2D eigenvalue weighted by molar-refractivity contribution is 9.11. The van der Waals surface area contributed by atoms with Gasteiger partial charge in [-0.3, -0.25) is 0 Å². The number of hydrogen-bond donors (Lipinski definition) is 1. The van der Waals surface area contributed by atoms with Crippen LogP contribution in [0.3, 0.4) is 0 Å². The molecule has 1 atom stereocenters. The normalized spacial score (nSPS) is 17.7. The van der Waals surface area contributed by atoms with Gasteiger partial charge in [-0.2, -0.15) is 0 Å². The molecule has 0 saturated carbocycles. The van der Waals surface area contributed by atoms with Crippen molar-refractivity contribution in [2.45, 2.75) is 25.3 Å². The van der Waals surface area contributed by atoms with E-state index >= 15 is 0 Å². The Balaban J connectivity index is 2.28. The van der Waals surface area contributed by atoms with Crippen molar-refractivity contribution >= 4 is 31.9 Å². The summed E-state index contributed by atoms with van der Waals surface area (Å²) in [5, 5.41) is 0. The second-order valence-electron chi connectivity index (χ2n) is 3.81. The standard InChI is InChI=1S/C12H13Br2N/c13-9-5-6-10(11(14)7-9)12(15)8-3-1-2-4-8/h3,5-7,12H,1-2,4,15H2. The maximum absolute atomic E-state index is 6.24. The minimum Gasteiger partial charge on any atom is -0.321 e. The van der Waals surface area contributed by atoms with E-state index in [2.05, 4.69) is 44.0 Å². The first-order chi connectivity index (χ1) is 7.18. The average molecular weight is 331 g/mol. The van der Waals surface area contributed by atoms with Crippen molar-refractivity contribution in [2.75, 3.05) is 0 Å². The van der Waals surface area contributed by atoms with Crippen LogP contribution in [0.25, 0.3) is 0 Å². The van der Waals surface area contributed by atoms with Gasteiger partial charge >= 0.3 is 0 Å². The lowest BCUT2D eigenvalue weighted by atomic mass is 9.99. The van der Waals surface area contributed by atoms with Crippen molar-refractivity contribution in [3.8, 4) is 0 Å². The molecule has 1 aliphatic rings. The Bertz CT molecular complexity index is 399. The predicted molar refractivity (Wildman–Crippen MR) is 70.7 cm³/mol. The first-order valence-electron chi connectivity index (χ1n) is 5.08. The third-order valence-electron chi connectivity index (χ3n) is 2.77. The number of allylic oxidation sites excluding steroid dienone is 1. The summed E-state index contributed by atoms with van der Waals surface area (Å²) in [5.41, 5.74) is 8.78. The molecule has 1 aromatic carbocycles. The van der Waals surface area contributed by atoms with Crippen molar-refractivity contribution in [1.82, 2.24) is 0 Å². The number of halogens is 2. The Labute approximate surface area is 107 Å². The van der Waals surface area contributed by atoms with E-state index < -0.39 is 0 Å². The second kappa shape index (κ2) is 4.81. The molecule has 1 nitrogen and oxygen atoms in total. The van der Waals surface area contributed by atoms with Crippen LogP contribution in [-0.4, -0.2) is 0 Å². The van der Waals surface area contributed by atoms with E-state index in [9.17, 15) is 0 Å². The highest BCUT2D eigenvalue weighted by atomic mass is 79.9. The van der Waals surface area contributed by atoms with Crippen LogP contribution in [0.5, 0.6) is 0 Å². The third-order valence-corrected chi connectivity index (χ3v) is 3.95. The summed E-state index contributed by atoms with van der Waals surface area (Å²) >= 11 is 7.00. The number of hydrogen-bond acceptors (Lipinski definition) is 1. The van der Waals surface area contributed by atoms with Crippen molar-refractivity contribution in [2.24, 2.45) is 5.73 Å². The predicted octanol–water partition coefficient (Wildman–Crippen LogP) is 4.32. The highest BCUT2D eigenvalue weighted by Crippen LogP contribution is 2.33. The number of benzene rings is 1. The van der Waals surface area contributed by atoms with Gasteiger partial charge in [-0.05, 0) is 37.0 Å². The van der Waals surface area contributed by atoms with Gasteiger partial charge in [0.2, 0.25) is 0 Å². The Morgan fingerprint density at radius 1 is 1.27 bits per heavy atom. The van der Waals surface area contributed by atoms with Crippen LogP contribution in [0.4, 0.5) is 0 Å². The Kier molecular flexibility index (Phi) is 3.65. The third kappa shape index (κ3) is 2.52. The molecule has 0 radical (unpaired) electrons. The number of rotatable bonds is 2. The van der Waals surface area contributed by atoms with Gasteiger partial charge in [-0.15, -0.1) is 0 Å². The van der Waals surface area contributed by atoms with Crippen LogP contribution >= 0.6 is 31.9 Å². The Morgan fingerprint density at radius 2 is 2.07 bits per heavy atom. The lowest BCUT2D eigenvalue weighted by molar-refractivity contribution is 0.781. The molecule has 0 heterocycles. The van der Waals surface area contributed by atoms with Gasteiger partial charge in [0.05, 0.1) is 6.04 Å². The van der Waals surface area contributed by atoms with Gasteiger partial charge < -0.3 is 5.73 Å². The zero-order valence-electron chi connectivity index (χ0n) is 8.34. The van der Waals surface area contributed by atoms with Crippen LogP contribution in [0.1, 0.15) is 30.9 Å².